The molecule has 0 unspecified atom stereocenters. The standard InChI is InChI=1S/C14H21N3O3/c1-17-7-4-11(16-17)10-15-12(18)8-14(9-13(19)20)5-2-3-6-14/h4,7H,2-3,5-6,8-10H2,1H3,(H,15,18)(H,19,20). The molecule has 2 rings (SSSR count). The lowest BCUT2D eigenvalue weighted by Gasteiger charge is -2.26. The first-order chi connectivity index (χ1) is 9.49. The van der Waals surface area contributed by atoms with E-state index < -0.39 is 5.97 Å². The Kier molecular flexibility index (Phi) is 4.42. The maximum atomic E-state index is 12.0. The van der Waals surface area contributed by atoms with E-state index in [1.54, 1.807) is 4.68 Å². The molecule has 2 N–H and O–H groups in total. The van der Waals surface area contributed by atoms with Crippen molar-refractivity contribution in [2.75, 3.05) is 0 Å². The van der Waals surface area contributed by atoms with E-state index in [2.05, 4.69) is 10.4 Å². The summed E-state index contributed by atoms with van der Waals surface area (Å²) in [5.41, 5.74) is 0.458. The van der Waals surface area contributed by atoms with Crippen molar-refractivity contribution in [1.82, 2.24) is 15.1 Å². The van der Waals surface area contributed by atoms with Crippen molar-refractivity contribution in [3.8, 4) is 0 Å². The second kappa shape index (κ2) is 6.07. The van der Waals surface area contributed by atoms with Crippen LogP contribution in [0.2, 0.25) is 0 Å². The first-order valence-electron chi connectivity index (χ1n) is 6.96. The van der Waals surface area contributed by atoms with Crippen LogP contribution in [0.15, 0.2) is 12.3 Å². The van der Waals surface area contributed by atoms with Crippen LogP contribution in [0.5, 0.6) is 0 Å². The lowest BCUT2D eigenvalue weighted by Crippen LogP contribution is -2.31. The Morgan fingerprint density at radius 2 is 2.10 bits per heavy atom. The monoisotopic (exact) mass is 279 g/mol. The normalized spacial score (nSPS) is 17.1. The summed E-state index contributed by atoms with van der Waals surface area (Å²) in [5, 5.41) is 16.0. The molecule has 110 valence electrons. The highest BCUT2D eigenvalue weighted by atomic mass is 16.4. The number of aromatic nitrogens is 2. The number of carbonyl (C=O) groups excluding carboxylic acids is 1. The predicted octanol–water partition coefficient (Wildman–Crippen LogP) is 1.46. The van der Waals surface area contributed by atoms with Crippen LogP contribution in [-0.4, -0.2) is 26.8 Å². The zero-order valence-corrected chi connectivity index (χ0v) is 11.8. The minimum absolute atomic E-state index is 0.0844. The summed E-state index contributed by atoms with van der Waals surface area (Å²) >= 11 is 0. The van der Waals surface area contributed by atoms with Gasteiger partial charge in [0.05, 0.1) is 18.7 Å². The third-order valence-electron chi connectivity index (χ3n) is 3.96. The Balaban J connectivity index is 1.87. The molecule has 1 aliphatic rings. The number of carboxylic acids is 1. The Hall–Kier alpha value is -1.85. The van der Waals surface area contributed by atoms with Crippen LogP contribution < -0.4 is 5.32 Å². The molecule has 6 nitrogen and oxygen atoms in total. The van der Waals surface area contributed by atoms with Crippen molar-refractivity contribution in [1.29, 1.82) is 0 Å². The molecule has 6 heteroatoms. The summed E-state index contributed by atoms with van der Waals surface area (Å²) in [4.78, 5) is 23.0. The van der Waals surface area contributed by atoms with Gasteiger partial charge in [-0.2, -0.15) is 5.10 Å². The molecule has 1 heterocycles. The third-order valence-corrected chi connectivity index (χ3v) is 3.96. The maximum Gasteiger partial charge on any atom is 0.303 e. The Morgan fingerprint density at radius 1 is 1.40 bits per heavy atom. The molecule has 0 radical (unpaired) electrons. The molecule has 0 saturated heterocycles. The zero-order valence-electron chi connectivity index (χ0n) is 11.8. The number of amides is 1. The van der Waals surface area contributed by atoms with E-state index in [4.69, 9.17) is 5.11 Å². The Bertz CT molecular complexity index is 490. The van der Waals surface area contributed by atoms with Gasteiger partial charge in [0.25, 0.3) is 0 Å². The van der Waals surface area contributed by atoms with Gasteiger partial charge in [-0.15, -0.1) is 0 Å². The van der Waals surface area contributed by atoms with Gasteiger partial charge < -0.3 is 10.4 Å². The van der Waals surface area contributed by atoms with Crippen LogP contribution in [0.25, 0.3) is 0 Å². The molecule has 0 bridgehead atoms. The van der Waals surface area contributed by atoms with E-state index in [9.17, 15) is 9.59 Å². The number of aryl methyl sites for hydroxylation is 1. The average Bonchev–Trinajstić information content (AvgIpc) is 2.95. The highest BCUT2D eigenvalue weighted by molar-refractivity contribution is 5.78. The van der Waals surface area contributed by atoms with Crippen LogP contribution in [-0.2, 0) is 23.2 Å². The summed E-state index contributed by atoms with van der Waals surface area (Å²) in [7, 11) is 1.83. The van der Waals surface area contributed by atoms with Gasteiger partial charge in [0.1, 0.15) is 0 Å². The van der Waals surface area contributed by atoms with E-state index in [1.807, 2.05) is 19.3 Å². The maximum absolute atomic E-state index is 12.0. The molecule has 0 atom stereocenters. The van der Waals surface area contributed by atoms with E-state index in [0.717, 1.165) is 31.4 Å². The van der Waals surface area contributed by atoms with Crippen LogP contribution in [0.4, 0.5) is 0 Å². The van der Waals surface area contributed by atoms with Crippen molar-refractivity contribution in [2.24, 2.45) is 12.5 Å². The van der Waals surface area contributed by atoms with Crippen LogP contribution in [0, 0.1) is 5.41 Å². The zero-order chi connectivity index (χ0) is 14.6. The molecule has 1 aromatic heterocycles. The number of hydrogen-bond acceptors (Lipinski definition) is 3. The Morgan fingerprint density at radius 3 is 2.65 bits per heavy atom. The minimum Gasteiger partial charge on any atom is -0.481 e. The molecule has 1 fully saturated rings. The number of carbonyl (C=O) groups is 2. The molecule has 1 amide bonds. The summed E-state index contributed by atoms with van der Waals surface area (Å²) < 4.78 is 1.68. The molecule has 0 spiro atoms. The first-order valence-corrected chi connectivity index (χ1v) is 6.96. The minimum atomic E-state index is -0.815. The van der Waals surface area contributed by atoms with Crippen LogP contribution >= 0.6 is 0 Å². The van der Waals surface area contributed by atoms with Gasteiger partial charge >= 0.3 is 5.97 Å². The number of rotatable bonds is 6. The largest absolute Gasteiger partial charge is 0.481 e. The SMILES string of the molecule is Cn1ccc(CNC(=O)CC2(CC(=O)O)CCCC2)n1. The van der Waals surface area contributed by atoms with Gasteiger partial charge in [-0.1, -0.05) is 12.8 Å². The molecule has 20 heavy (non-hydrogen) atoms. The fourth-order valence-corrected chi connectivity index (χ4v) is 3.01. The molecular formula is C14H21N3O3. The molecule has 0 aliphatic heterocycles. The van der Waals surface area contributed by atoms with Crippen molar-refractivity contribution in [3.05, 3.63) is 18.0 Å². The lowest BCUT2D eigenvalue weighted by molar-refractivity contribution is -0.140. The van der Waals surface area contributed by atoms with E-state index in [1.165, 1.54) is 0 Å². The van der Waals surface area contributed by atoms with Gasteiger partial charge in [0.2, 0.25) is 5.91 Å². The number of carboxylic acid groups (broad SMARTS) is 1. The Labute approximate surface area is 118 Å². The highest BCUT2D eigenvalue weighted by Gasteiger charge is 2.37. The fourth-order valence-electron chi connectivity index (χ4n) is 3.01. The van der Waals surface area contributed by atoms with Gasteiger partial charge in [0, 0.05) is 19.7 Å². The van der Waals surface area contributed by atoms with Crippen molar-refractivity contribution in [3.63, 3.8) is 0 Å². The second-order valence-corrected chi connectivity index (χ2v) is 5.71. The van der Waals surface area contributed by atoms with Gasteiger partial charge in [-0.25, -0.2) is 0 Å². The van der Waals surface area contributed by atoms with Crippen LogP contribution in [0.3, 0.4) is 0 Å². The van der Waals surface area contributed by atoms with E-state index >= 15 is 0 Å². The van der Waals surface area contributed by atoms with E-state index in [0.29, 0.717) is 13.0 Å². The highest BCUT2D eigenvalue weighted by Crippen LogP contribution is 2.43. The fraction of sp³-hybridized carbons (Fsp3) is 0.643. The number of hydrogen-bond donors (Lipinski definition) is 2. The summed E-state index contributed by atoms with van der Waals surface area (Å²) in [6.07, 6.45) is 5.90. The summed E-state index contributed by atoms with van der Waals surface area (Å²) in [5.74, 6) is -0.900. The molecule has 1 aromatic rings. The second-order valence-electron chi connectivity index (χ2n) is 5.71. The first kappa shape index (κ1) is 14.6. The van der Waals surface area contributed by atoms with Crippen molar-refractivity contribution < 1.29 is 14.7 Å². The summed E-state index contributed by atoms with van der Waals surface area (Å²) in [6.45, 7) is 0.392. The van der Waals surface area contributed by atoms with Crippen LogP contribution in [0.1, 0.15) is 44.2 Å². The smallest absolute Gasteiger partial charge is 0.303 e. The number of nitrogens with zero attached hydrogens (tertiary/aromatic N) is 2. The number of aliphatic carboxylic acids is 1. The van der Waals surface area contributed by atoms with Gasteiger partial charge in [-0.3, -0.25) is 14.3 Å². The van der Waals surface area contributed by atoms with Crippen molar-refractivity contribution in [2.45, 2.75) is 45.1 Å². The van der Waals surface area contributed by atoms with E-state index in [-0.39, 0.29) is 17.7 Å². The average molecular weight is 279 g/mol. The van der Waals surface area contributed by atoms with Crippen molar-refractivity contribution >= 4 is 11.9 Å². The summed E-state index contributed by atoms with van der Waals surface area (Å²) in [6, 6.07) is 1.85. The van der Waals surface area contributed by atoms with Gasteiger partial charge in [-0.05, 0) is 24.3 Å². The number of nitrogens with one attached hydrogen (secondary N) is 1. The third kappa shape index (κ3) is 3.82. The predicted molar refractivity (Wildman–Crippen MR) is 72.8 cm³/mol. The molecule has 0 aromatic carbocycles. The van der Waals surface area contributed by atoms with Gasteiger partial charge in [0.15, 0.2) is 0 Å². The molecule has 1 saturated carbocycles. The topological polar surface area (TPSA) is 84.2 Å². The lowest BCUT2D eigenvalue weighted by atomic mass is 9.79. The molecule has 1 aliphatic carbocycles. The quantitative estimate of drug-likeness (QED) is 0.825. The molecular weight excluding hydrogens is 258 g/mol.